The van der Waals surface area contributed by atoms with Crippen LogP contribution in [-0.2, 0) is 4.79 Å². The molecule has 82 valence electrons. The van der Waals surface area contributed by atoms with E-state index in [-0.39, 0.29) is 17.9 Å². The van der Waals surface area contributed by atoms with Crippen molar-refractivity contribution in [2.45, 2.75) is 45.7 Å². The minimum atomic E-state index is -0.396. The van der Waals surface area contributed by atoms with Crippen LogP contribution in [-0.4, -0.2) is 18.0 Å². The molecular weight excluding hydrogens is 176 g/mol. The van der Waals surface area contributed by atoms with Crippen molar-refractivity contribution in [2.24, 2.45) is 11.7 Å². The summed E-state index contributed by atoms with van der Waals surface area (Å²) in [6.07, 6.45) is 3.49. The Hall–Kier alpha value is -0.830. The molecule has 1 amide bonds. The second-order valence-electron chi connectivity index (χ2n) is 3.85. The van der Waals surface area contributed by atoms with Crippen LogP contribution in [0.4, 0.5) is 0 Å². The van der Waals surface area contributed by atoms with E-state index in [9.17, 15) is 4.79 Å². The van der Waals surface area contributed by atoms with Gasteiger partial charge in [0.1, 0.15) is 0 Å². The first-order valence-electron chi connectivity index (χ1n) is 5.19. The van der Waals surface area contributed by atoms with Gasteiger partial charge in [0.25, 0.3) is 0 Å². The van der Waals surface area contributed by atoms with Crippen LogP contribution >= 0.6 is 0 Å². The summed E-state index contributed by atoms with van der Waals surface area (Å²) in [6, 6.07) is -0.276. The Morgan fingerprint density at radius 3 is 2.57 bits per heavy atom. The Balaban J connectivity index is 4.00. The number of carbonyl (C=O) groups is 1. The Morgan fingerprint density at radius 2 is 2.14 bits per heavy atom. The predicted molar refractivity (Wildman–Crippen MR) is 59.8 cm³/mol. The summed E-state index contributed by atoms with van der Waals surface area (Å²) in [5.41, 5.74) is 5.78. The highest BCUT2D eigenvalue weighted by Gasteiger charge is 2.19. The molecule has 3 N–H and O–H groups in total. The standard InChI is InChI=1S/C11H22N2O/c1-5-7-9(4)13-11(14)10(12)8(3)6-2/h5,8-10H,1,6-7,12H2,2-4H3,(H,13,14). The fourth-order valence-electron chi connectivity index (χ4n) is 1.16. The molecular formula is C11H22N2O. The molecule has 0 aromatic rings. The molecule has 0 fully saturated rings. The van der Waals surface area contributed by atoms with Crippen LogP contribution in [0.1, 0.15) is 33.6 Å². The lowest BCUT2D eigenvalue weighted by atomic mass is 9.99. The molecule has 0 saturated carbocycles. The van der Waals surface area contributed by atoms with Crippen molar-refractivity contribution in [3.05, 3.63) is 12.7 Å². The van der Waals surface area contributed by atoms with Crippen LogP contribution in [0.15, 0.2) is 12.7 Å². The van der Waals surface area contributed by atoms with Crippen LogP contribution in [0.5, 0.6) is 0 Å². The van der Waals surface area contributed by atoms with E-state index >= 15 is 0 Å². The third-order valence-electron chi connectivity index (χ3n) is 2.47. The second-order valence-corrected chi connectivity index (χ2v) is 3.85. The Kier molecular flexibility index (Phi) is 6.21. The lowest BCUT2D eigenvalue weighted by Gasteiger charge is -2.20. The molecule has 0 radical (unpaired) electrons. The van der Waals surface area contributed by atoms with Gasteiger partial charge in [-0.25, -0.2) is 0 Å². The fourth-order valence-corrected chi connectivity index (χ4v) is 1.16. The van der Waals surface area contributed by atoms with Crippen LogP contribution in [0.25, 0.3) is 0 Å². The van der Waals surface area contributed by atoms with Crippen molar-refractivity contribution in [2.75, 3.05) is 0 Å². The molecule has 0 aliphatic heterocycles. The molecule has 0 aliphatic carbocycles. The highest BCUT2D eigenvalue weighted by molar-refractivity contribution is 5.82. The maximum absolute atomic E-state index is 11.6. The SMILES string of the molecule is C=CCC(C)NC(=O)C(N)C(C)CC. The number of carbonyl (C=O) groups excluding carboxylic acids is 1. The minimum Gasteiger partial charge on any atom is -0.352 e. The van der Waals surface area contributed by atoms with Gasteiger partial charge in [-0.05, 0) is 19.3 Å². The average Bonchev–Trinajstić information content (AvgIpc) is 2.15. The largest absolute Gasteiger partial charge is 0.352 e. The number of rotatable bonds is 6. The van der Waals surface area contributed by atoms with Gasteiger partial charge in [-0.3, -0.25) is 4.79 Å². The summed E-state index contributed by atoms with van der Waals surface area (Å²) in [7, 11) is 0. The molecule has 3 nitrogen and oxygen atoms in total. The summed E-state index contributed by atoms with van der Waals surface area (Å²) < 4.78 is 0. The van der Waals surface area contributed by atoms with Crippen molar-refractivity contribution < 1.29 is 4.79 Å². The van der Waals surface area contributed by atoms with Gasteiger partial charge < -0.3 is 11.1 Å². The third kappa shape index (κ3) is 4.42. The van der Waals surface area contributed by atoms with Crippen LogP contribution < -0.4 is 11.1 Å². The van der Waals surface area contributed by atoms with Gasteiger partial charge in [-0.1, -0.05) is 26.3 Å². The van der Waals surface area contributed by atoms with E-state index in [1.807, 2.05) is 20.8 Å². The molecule has 0 bridgehead atoms. The highest BCUT2D eigenvalue weighted by atomic mass is 16.2. The Labute approximate surface area is 86.8 Å². The molecule has 3 unspecified atom stereocenters. The van der Waals surface area contributed by atoms with E-state index in [1.54, 1.807) is 6.08 Å². The van der Waals surface area contributed by atoms with Gasteiger partial charge in [0.15, 0.2) is 0 Å². The molecule has 3 atom stereocenters. The third-order valence-corrected chi connectivity index (χ3v) is 2.47. The maximum atomic E-state index is 11.6. The van der Waals surface area contributed by atoms with E-state index in [1.165, 1.54) is 0 Å². The average molecular weight is 198 g/mol. The molecule has 0 saturated heterocycles. The number of hydrogen-bond acceptors (Lipinski definition) is 2. The van der Waals surface area contributed by atoms with Crippen LogP contribution in [0, 0.1) is 5.92 Å². The zero-order valence-corrected chi connectivity index (χ0v) is 9.42. The van der Waals surface area contributed by atoms with E-state index < -0.39 is 6.04 Å². The molecule has 3 heteroatoms. The van der Waals surface area contributed by atoms with Crippen molar-refractivity contribution in [1.29, 1.82) is 0 Å². The lowest BCUT2D eigenvalue weighted by molar-refractivity contribution is -0.124. The second kappa shape index (κ2) is 6.60. The molecule has 0 spiro atoms. The zero-order valence-electron chi connectivity index (χ0n) is 9.42. The Bertz CT molecular complexity index is 192. The molecule has 0 rings (SSSR count). The first-order chi connectivity index (χ1) is 6.52. The summed E-state index contributed by atoms with van der Waals surface area (Å²) in [4.78, 5) is 11.6. The molecule has 14 heavy (non-hydrogen) atoms. The van der Waals surface area contributed by atoms with Gasteiger partial charge in [0.05, 0.1) is 6.04 Å². The van der Waals surface area contributed by atoms with Gasteiger partial charge in [0.2, 0.25) is 5.91 Å². The molecule has 0 heterocycles. The number of nitrogens with two attached hydrogens (primary N) is 1. The molecule has 0 aromatic heterocycles. The van der Waals surface area contributed by atoms with E-state index in [0.29, 0.717) is 0 Å². The van der Waals surface area contributed by atoms with E-state index in [4.69, 9.17) is 5.73 Å². The van der Waals surface area contributed by atoms with Gasteiger partial charge in [-0.2, -0.15) is 0 Å². The minimum absolute atomic E-state index is 0.0614. The van der Waals surface area contributed by atoms with Crippen molar-refractivity contribution in [3.63, 3.8) is 0 Å². The molecule has 0 aromatic carbocycles. The number of amides is 1. The number of nitrogens with one attached hydrogen (secondary N) is 1. The van der Waals surface area contributed by atoms with Crippen molar-refractivity contribution in [1.82, 2.24) is 5.32 Å². The van der Waals surface area contributed by atoms with Gasteiger partial charge in [-0.15, -0.1) is 6.58 Å². The Morgan fingerprint density at radius 1 is 1.57 bits per heavy atom. The first-order valence-corrected chi connectivity index (χ1v) is 5.19. The van der Waals surface area contributed by atoms with Gasteiger partial charge >= 0.3 is 0 Å². The summed E-state index contributed by atoms with van der Waals surface area (Å²) in [5.74, 6) is 0.166. The van der Waals surface area contributed by atoms with Crippen LogP contribution in [0.2, 0.25) is 0 Å². The highest BCUT2D eigenvalue weighted by Crippen LogP contribution is 2.05. The van der Waals surface area contributed by atoms with Crippen LogP contribution in [0.3, 0.4) is 0 Å². The quantitative estimate of drug-likeness (QED) is 0.634. The smallest absolute Gasteiger partial charge is 0.237 e. The monoisotopic (exact) mass is 198 g/mol. The normalized spacial score (nSPS) is 16.9. The summed E-state index contributed by atoms with van der Waals surface area (Å²) >= 11 is 0. The van der Waals surface area contributed by atoms with Gasteiger partial charge in [0, 0.05) is 6.04 Å². The van der Waals surface area contributed by atoms with Crippen molar-refractivity contribution >= 4 is 5.91 Å². The summed E-state index contributed by atoms with van der Waals surface area (Å²) in [6.45, 7) is 9.59. The molecule has 0 aliphatic rings. The van der Waals surface area contributed by atoms with E-state index in [0.717, 1.165) is 12.8 Å². The summed E-state index contributed by atoms with van der Waals surface area (Å²) in [5, 5.41) is 2.86. The van der Waals surface area contributed by atoms with Crippen molar-refractivity contribution in [3.8, 4) is 0 Å². The predicted octanol–water partition coefficient (Wildman–Crippen LogP) is 1.44. The van der Waals surface area contributed by atoms with E-state index in [2.05, 4.69) is 11.9 Å². The zero-order chi connectivity index (χ0) is 11.1. The number of hydrogen-bond donors (Lipinski definition) is 2. The fraction of sp³-hybridized carbons (Fsp3) is 0.727. The first kappa shape index (κ1) is 13.2. The lowest BCUT2D eigenvalue weighted by Crippen LogP contribution is -2.47. The topological polar surface area (TPSA) is 55.1 Å². The maximum Gasteiger partial charge on any atom is 0.237 e.